The minimum absolute atomic E-state index is 0.0249. The smallest absolute Gasteiger partial charge is 0.136 e. The molecule has 1 unspecified atom stereocenters. The van der Waals surface area contributed by atoms with Crippen molar-refractivity contribution >= 4 is 38.9 Å². The third-order valence-electron chi connectivity index (χ3n) is 2.26. The van der Waals surface area contributed by atoms with Gasteiger partial charge in [0.25, 0.3) is 0 Å². The first-order valence-electron chi connectivity index (χ1n) is 5.35. The summed E-state index contributed by atoms with van der Waals surface area (Å²) in [6.45, 7) is 7.79. The molecule has 0 aromatic heterocycles. The summed E-state index contributed by atoms with van der Waals surface area (Å²) in [5.41, 5.74) is 1.01. The standard InChI is InChI=1S/C12H17BrClNOS/c1-8(15-17(16)12(2,3)4)10-7-9(14)5-6-11(10)13/h5-8,15H,1-4H3/t8?,17-/m0/s1. The molecule has 0 radical (unpaired) electrons. The predicted molar refractivity (Wildman–Crippen MR) is 78.6 cm³/mol. The van der Waals surface area contributed by atoms with E-state index in [2.05, 4.69) is 20.7 Å². The third-order valence-corrected chi connectivity index (χ3v) is 4.90. The fraction of sp³-hybridized carbons (Fsp3) is 0.500. The fourth-order valence-electron chi connectivity index (χ4n) is 1.25. The summed E-state index contributed by atoms with van der Waals surface area (Å²) >= 11 is 8.34. The maximum Gasteiger partial charge on any atom is 0.136 e. The Kier molecular flexibility index (Phi) is 5.35. The normalized spacial score (nSPS) is 15.7. The van der Waals surface area contributed by atoms with Crippen LogP contribution < -0.4 is 4.72 Å². The summed E-state index contributed by atoms with van der Waals surface area (Å²) in [5.74, 6) is 0. The van der Waals surface area contributed by atoms with Crippen LogP contribution in [0.5, 0.6) is 0 Å². The van der Waals surface area contributed by atoms with Crippen LogP contribution in [0.1, 0.15) is 39.3 Å². The van der Waals surface area contributed by atoms with Crippen molar-refractivity contribution in [2.45, 2.75) is 38.5 Å². The number of nitrogens with one attached hydrogen (secondary N) is 1. The van der Waals surface area contributed by atoms with Gasteiger partial charge >= 0.3 is 0 Å². The summed E-state index contributed by atoms with van der Waals surface area (Å²) in [5, 5.41) is 0.679. The zero-order chi connectivity index (χ0) is 13.2. The Morgan fingerprint density at radius 3 is 2.53 bits per heavy atom. The van der Waals surface area contributed by atoms with E-state index in [1.165, 1.54) is 0 Å². The van der Waals surface area contributed by atoms with Crippen LogP contribution in [0.3, 0.4) is 0 Å². The van der Waals surface area contributed by atoms with Crippen molar-refractivity contribution in [2.75, 3.05) is 0 Å². The number of hydrogen-bond acceptors (Lipinski definition) is 2. The van der Waals surface area contributed by atoms with E-state index in [1.807, 2.05) is 45.9 Å². The second kappa shape index (κ2) is 5.93. The van der Waals surface area contributed by atoms with E-state index < -0.39 is 11.4 Å². The van der Waals surface area contributed by atoms with Gasteiger partial charge in [0.1, 0.15) is 4.75 Å². The lowest BCUT2D eigenvalue weighted by Gasteiger charge is -2.27. The Morgan fingerprint density at radius 1 is 1.41 bits per heavy atom. The van der Waals surface area contributed by atoms with Crippen molar-refractivity contribution in [1.82, 2.24) is 4.72 Å². The molecule has 0 saturated heterocycles. The molecule has 0 amide bonds. The van der Waals surface area contributed by atoms with E-state index in [9.17, 15) is 4.55 Å². The molecule has 0 spiro atoms. The van der Waals surface area contributed by atoms with E-state index in [1.54, 1.807) is 0 Å². The highest BCUT2D eigenvalue weighted by molar-refractivity contribution is 9.10. The van der Waals surface area contributed by atoms with E-state index in [-0.39, 0.29) is 10.8 Å². The van der Waals surface area contributed by atoms with Gasteiger partial charge in [-0.1, -0.05) is 27.5 Å². The average molecular weight is 339 g/mol. The lowest BCUT2D eigenvalue weighted by atomic mass is 10.1. The highest BCUT2D eigenvalue weighted by Crippen LogP contribution is 2.28. The highest BCUT2D eigenvalue weighted by Gasteiger charge is 2.28. The summed E-state index contributed by atoms with van der Waals surface area (Å²) in [4.78, 5) is 0. The SMILES string of the molecule is CC(N[S@@+]([O-])C(C)(C)C)c1cc(Cl)ccc1Br. The van der Waals surface area contributed by atoms with E-state index >= 15 is 0 Å². The van der Waals surface area contributed by atoms with Crippen molar-refractivity contribution in [3.8, 4) is 0 Å². The second-order valence-corrected chi connectivity index (χ2v) is 8.18. The molecule has 5 heteroatoms. The first-order chi connectivity index (χ1) is 7.71. The van der Waals surface area contributed by atoms with Gasteiger partial charge in [-0.05, 0) is 51.5 Å². The van der Waals surface area contributed by atoms with Crippen molar-refractivity contribution in [3.63, 3.8) is 0 Å². The zero-order valence-electron chi connectivity index (χ0n) is 10.4. The number of halogens is 2. The van der Waals surface area contributed by atoms with Gasteiger partial charge in [0.05, 0.1) is 6.04 Å². The van der Waals surface area contributed by atoms with Crippen LogP contribution >= 0.6 is 27.5 Å². The van der Waals surface area contributed by atoms with Crippen LogP contribution in [-0.4, -0.2) is 9.30 Å². The Morgan fingerprint density at radius 2 is 2.00 bits per heavy atom. The average Bonchev–Trinajstić information content (AvgIpc) is 2.20. The molecule has 0 bridgehead atoms. The van der Waals surface area contributed by atoms with E-state index in [0.29, 0.717) is 5.02 Å². The molecule has 2 atom stereocenters. The van der Waals surface area contributed by atoms with Crippen molar-refractivity contribution in [3.05, 3.63) is 33.3 Å². The number of benzene rings is 1. The van der Waals surface area contributed by atoms with Gasteiger partial charge in [-0.2, -0.15) is 0 Å². The Bertz CT molecular complexity index is 395. The molecule has 0 fully saturated rings. The van der Waals surface area contributed by atoms with Crippen LogP contribution in [0.2, 0.25) is 5.02 Å². The molecule has 0 heterocycles. The topological polar surface area (TPSA) is 35.1 Å². The Labute approximate surface area is 120 Å². The first-order valence-corrected chi connectivity index (χ1v) is 7.67. The molecule has 17 heavy (non-hydrogen) atoms. The molecule has 0 saturated carbocycles. The van der Waals surface area contributed by atoms with Gasteiger partial charge in [0.2, 0.25) is 0 Å². The van der Waals surface area contributed by atoms with Gasteiger partial charge in [0, 0.05) is 20.9 Å². The Hall–Kier alpha value is 0.260. The van der Waals surface area contributed by atoms with Crippen LogP contribution in [0, 0.1) is 0 Å². The van der Waals surface area contributed by atoms with Crippen LogP contribution in [-0.2, 0) is 11.4 Å². The van der Waals surface area contributed by atoms with Gasteiger partial charge in [0.15, 0.2) is 0 Å². The van der Waals surface area contributed by atoms with Crippen LogP contribution in [0.15, 0.2) is 22.7 Å². The van der Waals surface area contributed by atoms with Gasteiger partial charge in [-0.15, -0.1) is 4.72 Å². The largest absolute Gasteiger partial charge is 0.598 e. The zero-order valence-corrected chi connectivity index (χ0v) is 13.5. The summed E-state index contributed by atoms with van der Waals surface area (Å²) in [7, 11) is 0. The highest BCUT2D eigenvalue weighted by atomic mass is 79.9. The molecule has 0 aliphatic heterocycles. The van der Waals surface area contributed by atoms with Gasteiger partial charge < -0.3 is 4.55 Å². The lowest BCUT2D eigenvalue weighted by Crippen LogP contribution is -2.40. The first kappa shape index (κ1) is 15.3. The van der Waals surface area contributed by atoms with Gasteiger partial charge in [-0.25, -0.2) is 0 Å². The van der Waals surface area contributed by atoms with Crippen LogP contribution in [0.4, 0.5) is 0 Å². The number of hydrogen-bond donors (Lipinski definition) is 1. The summed E-state index contributed by atoms with van der Waals surface area (Å²) in [6, 6.07) is 5.57. The van der Waals surface area contributed by atoms with Crippen molar-refractivity contribution in [2.24, 2.45) is 0 Å². The molecule has 1 aromatic rings. The molecular weight excluding hydrogens is 322 g/mol. The number of rotatable bonds is 3. The minimum Gasteiger partial charge on any atom is -0.598 e. The molecule has 0 aliphatic carbocycles. The molecule has 96 valence electrons. The maximum absolute atomic E-state index is 12.0. The van der Waals surface area contributed by atoms with Crippen LogP contribution in [0.25, 0.3) is 0 Å². The van der Waals surface area contributed by atoms with Crippen molar-refractivity contribution < 1.29 is 4.55 Å². The third kappa shape index (κ3) is 4.45. The monoisotopic (exact) mass is 337 g/mol. The molecule has 1 N–H and O–H groups in total. The summed E-state index contributed by atoms with van der Waals surface area (Å²) in [6.07, 6.45) is 0. The minimum atomic E-state index is -1.10. The Balaban J connectivity index is 2.83. The molecule has 1 rings (SSSR count). The second-order valence-electron chi connectivity index (χ2n) is 4.89. The van der Waals surface area contributed by atoms with Crippen molar-refractivity contribution in [1.29, 1.82) is 0 Å². The fourth-order valence-corrected chi connectivity index (χ4v) is 2.82. The molecule has 2 nitrogen and oxygen atoms in total. The summed E-state index contributed by atoms with van der Waals surface area (Å²) < 4.78 is 15.8. The molecule has 0 aliphatic rings. The lowest BCUT2D eigenvalue weighted by molar-refractivity contribution is 0.531. The van der Waals surface area contributed by atoms with Gasteiger partial charge in [-0.3, -0.25) is 0 Å². The van der Waals surface area contributed by atoms with E-state index in [4.69, 9.17) is 11.6 Å². The maximum atomic E-state index is 12.0. The predicted octanol–water partition coefficient (Wildman–Crippen LogP) is 4.22. The quantitative estimate of drug-likeness (QED) is 0.838. The molecular formula is C12H17BrClNOS. The molecule has 1 aromatic carbocycles. The van der Waals surface area contributed by atoms with E-state index in [0.717, 1.165) is 10.0 Å².